The molecule has 490 valence electrons. The number of nitrogens with one attached hydrogen (secondary N) is 1. The maximum absolute atomic E-state index is 16.4. The molecule has 4 aromatic carbocycles. The number of pyridine rings is 1. The quantitative estimate of drug-likeness (QED) is 0.0163. The zero-order valence-electron chi connectivity index (χ0n) is 53.3. The zero-order valence-corrected chi connectivity index (χ0v) is 58.7. The molecule has 5 unspecified atom stereocenters. The fourth-order valence-corrected chi connectivity index (χ4v) is 18.1. The summed E-state index contributed by atoms with van der Waals surface area (Å²) in [6.07, 6.45) is -9.68. The average Bonchev–Trinajstić information content (AvgIpc) is 0.669. The maximum atomic E-state index is 16.4. The molecule has 2 N–H and O–H groups in total. The lowest BCUT2D eigenvalue weighted by atomic mass is 9.44. The van der Waals surface area contributed by atoms with Gasteiger partial charge in [0.15, 0.2) is 31.9 Å². The first-order chi connectivity index (χ1) is 43.5. The van der Waals surface area contributed by atoms with Crippen LogP contribution in [-0.4, -0.2) is 114 Å². The lowest BCUT2D eigenvalue weighted by Gasteiger charge is -2.67. The highest BCUT2D eigenvalue weighted by molar-refractivity contribution is 8.76. The molecule has 9 rings (SSSR count). The number of ether oxygens (including phenoxy) is 7. The minimum Gasteiger partial charge on any atom is -0.456 e. The predicted molar refractivity (Wildman–Crippen MR) is 359 cm³/mol. The van der Waals surface area contributed by atoms with Gasteiger partial charge in [-0.15, -0.1) is 0 Å². The minimum atomic E-state index is -2.98. The third kappa shape index (κ3) is 15.1. The lowest BCUT2D eigenvalue weighted by Crippen LogP contribution is -2.82. The molecule has 3 aliphatic carbocycles. The van der Waals surface area contributed by atoms with Gasteiger partial charge in [0.2, 0.25) is 0 Å². The Hall–Kier alpha value is -6.01. The van der Waals surface area contributed by atoms with Crippen molar-refractivity contribution in [2.24, 2.45) is 16.7 Å². The van der Waals surface area contributed by atoms with Gasteiger partial charge in [-0.25, -0.2) is 19.4 Å². The standard InChI is InChI=1S/C68H79N2O16PS4Si/c1-40-49(82-61(75)56(86-92(10,11)64(4,5)6)54(46-20-14-12-15-21-46)70-60(74)47-22-16-13-17-23-47)35-68(78)59(84-63(77)87)57-66(9,58(73)55(81-41(2)71)53(40)65(68,7)8)50(34-51-67(57,39-80-51)85-42(3)72)83-62(76)79-36-43-29-31-48(32-30-43)90-88-37-44-25-27-45(28-26-44)38-89-91-52-24-18-19-33-69-52/h12-33,49-51,54-57,59,78H,34-39,87H2,1-11H3,(H,70,74)/t49-,50?,51?,54-,55?,56+,57-,59-,66+,67-,68?/m0/s1. The largest absolute Gasteiger partial charge is 0.508 e. The topological polar surface area (TPSA) is 238 Å². The Morgan fingerprint density at radius 2 is 1.39 bits per heavy atom. The molecule has 1 aliphatic heterocycles. The van der Waals surface area contributed by atoms with Crippen molar-refractivity contribution in [3.8, 4) is 0 Å². The average molecular weight is 1370 g/mol. The van der Waals surface area contributed by atoms with E-state index in [9.17, 15) is 29.1 Å². The van der Waals surface area contributed by atoms with E-state index in [1.807, 2.05) is 85.6 Å². The van der Waals surface area contributed by atoms with Gasteiger partial charge in [0.05, 0.1) is 24.0 Å². The number of ketones is 1. The molecule has 1 saturated heterocycles. The first-order valence-electron chi connectivity index (χ1n) is 30.2. The SMILES string of the molecule is CC(=O)OC1C(=O)[C@]2(C)C(OC(=O)OCc3ccc(SSCc4ccc(CSSc5ccccn5)cc4)cc3)CC3OC[C@@]3(OC(C)=O)[C@H]2[C@H](OC(=O)P)C2(O)C[C@H](OC(=O)[C@H](O[Si](C)(C)C(C)(C)C)[C@@H](NC(=O)c3ccccc3)c3ccccc3)C(C)=C1C2(C)C. The third-order valence-corrected chi connectivity index (χ3v) is 27.7. The molecule has 0 radical (unpaired) electrons. The van der Waals surface area contributed by atoms with Crippen molar-refractivity contribution in [2.75, 3.05) is 6.61 Å². The predicted octanol–water partition coefficient (Wildman–Crippen LogP) is 13.6. The maximum Gasteiger partial charge on any atom is 0.508 e. The molecule has 92 heavy (non-hydrogen) atoms. The smallest absolute Gasteiger partial charge is 0.456 e. The van der Waals surface area contributed by atoms with Gasteiger partial charge < -0.3 is 48.0 Å². The summed E-state index contributed by atoms with van der Waals surface area (Å²) in [6, 6.07) is 38.0. The van der Waals surface area contributed by atoms with Crippen LogP contribution in [0.3, 0.4) is 0 Å². The van der Waals surface area contributed by atoms with Crippen molar-refractivity contribution in [3.05, 3.63) is 173 Å². The van der Waals surface area contributed by atoms with Crippen LogP contribution in [0.25, 0.3) is 0 Å². The summed E-state index contributed by atoms with van der Waals surface area (Å²) in [6.45, 7) is 17.7. The number of aromatic nitrogens is 1. The van der Waals surface area contributed by atoms with Gasteiger partial charge in [-0.3, -0.25) is 19.2 Å². The van der Waals surface area contributed by atoms with Crippen molar-refractivity contribution < 1.29 is 76.3 Å². The Morgan fingerprint density at radius 3 is 1.96 bits per heavy atom. The van der Waals surface area contributed by atoms with Crippen LogP contribution in [0.2, 0.25) is 18.1 Å². The van der Waals surface area contributed by atoms with Gasteiger partial charge in [0, 0.05) is 60.3 Å². The van der Waals surface area contributed by atoms with E-state index in [0.29, 0.717) is 16.7 Å². The van der Waals surface area contributed by atoms with E-state index in [1.165, 1.54) is 18.1 Å². The number of hydrogen-bond acceptors (Lipinski definition) is 21. The second-order valence-corrected chi connectivity index (χ2v) is 35.7. The normalized spacial score (nSPS) is 25.6. The van der Waals surface area contributed by atoms with Crippen molar-refractivity contribution in [1.82, 2.24) is 10.3 Å². The molecule has 2 bridgehead atoms. The number of amides is 1. The number of nitrogens with zero attached hydrogens (tertiary/aromatic N) is 1. The third-order valence-electron chi connectivity index (χ3n) is 18.6. The molecule has 4 aliphatic rings. The summed E-state index contributed by atoms with van der Waals surface area (Å²) >= 11 is 0. The fraction of sp³-hybridized carbons (Fsp3) is 0.441. The number of carbonyl (C=O) groups is 7. The molecule has 5 aromatic rings. The van der Waals surface area contributed by atoms with Crippen LogP contribution in [0.15, 0.2) is 155 Å². The first kappa shape index (κ1) is 70.3. The van der Waals surface area contributed by atoms with E-state index in [4.69, 9.17) is 37.6 Å². The summed E-state index contributed by atoms with van der Waals surface area (Å²) < 4.78 is 50.5. The Labute approximate surface area is 556 Å². The Balaban J connectivity index is 1.01. The van der Waals surface area contributed by atoms with Gasteiger partial charge in [0.1, 0.15) is 41.6 Å². The molecule has 2 saturated carbocycles. The van der Waals surface area contributed by atoms with Gasteiger partial charge in [-0.1, -0.05) is 158 Å². The minimum absolute atomic E-state index is 0.00124. The molecular formula is C68H79N2O16PS4Si. The second-order valence-electron chi connectivity index (χ2n) is 25.8. The van der Waals surface area contributed by atoms with Crippen molar-refractivity contribution in [1.29, 1.82) is 0 Å². The van der Waals surface area contributed by atoms with E-state index in [1.54, 1.807) is 131 Å². The molecule has 24 heteroatoms. The monoisotopic (exact) mass is 1370 g/mol. The Bertz CT molecular complexity index is 3550. The highest BCUT2D eigenvalue weighted by Gasteiger charge is 2.79. The zero-order chi connectivity index (χ0) is 66.6. The van der Waals surface area contributed by atoms with Gasteiger partial charge in [-0.2, -0.15) is 0 Å². The van der Waals surface area contributed by atoms with Crippen molar-refractivity contribution >= 4 is 102 Å². The summed E-state index contributed by atoms with van der Waals surface area (Å²) in [7, 11) is 5.61. The Morgan fingerprint density at radius 1 is 0.783 bits per heavy atom. The van der Waals surface area contributed by atoms with Crippen LogP contribution in [0.1, 0.15) is 114 Å². The summed E-state index contributed by atoms with van der Waals surface area (Å²) in [5.74, 6) is -4.10. The van der Waals surface area contributed by atoms with Crippen LogP contribution < -0.4 is 5.32 Å². The van der Waals surface area contributed by atoms with Crippen molar-refractivity contribution in [2.45, 2.75) is 175 Å². The molecule has 12 atom stereocenters. The number of carbonyl (C=O) groups excluding carboxylic acids is 7. The molecule has 0 spiro atoms. The van der Waals surface area contributed by atoms with E-state index in [-0.39, 0.29) is 30.8 Å². The van der Waals surface area contributed by atoms with E-state index >= 15 is 9.59 Å². The summed E-state index contributed by atoms with van der Waals surface area (Å²) in [5, 5.41) is 17.7. The number of rotatable bonds is 22. The van der Waals surface area contributed by atoms with Crippen molar-refractivity contribution in [3.63, 3.8) is 0 Å². The van der Waals surface area contributed by atoms with Crippen LogP contribution in [0.4, 0.5) is 9.59 Å². The second kappa shape index (κ2) is 28.9. The van der Waals surface area contributed by atoms with Gasteiger partial charge in [0.25, 0.3) is 5.91 Å². The number of benzene rings is 4. The summed E-state index contributed by atoms with van der Waals surface area (Å²) in [5.41, 5.74) is -5.14. The van der Waals surface area contributed by atoms with Crippen LogP contribution in [0, 0.1) is 16.7 Å². The van der Waals surface area contributed by atoms with Crippen LogP contribution in [-0.2, 0) is 74.9 Å². The van der Waals surface area contributed by atoms with Crippen LogP contribution in [0.5, 0.6) is 0 Å². The van der Waals surface area contributed by atoms with Gasteiger partial charge in [-0.05, 0) is 122 Å². The van der Waals surface area contributed by atoms with E-state index in [0.717, 1.165) is 35.3 Å². The molecule has 1 aromatic heterocycles. The number of hydrogen-bond donors (Lipinski definition) is 2. The molecule has 18 nitrogen and oxygen atoms in total. The molecule has 1 amide bonds. The lowest BCUT2D eigenvalue weighted by molar-refractivity contribution is -0.345. The van der Waals surface area contributed by atoms with E-state index in [2.05, 4.69) is 34.6 Å². The van der Waals surface area contributed by atoms with Crippen LogP contribution >= 0.6 is 52.4 Å². The molecule has 2 heterocycles. The fourth-order valence-electron chi connectivity index (χ4n) is 12.7. The number of esters is 3. The van der Waals surface area contributed by atoms with E-state index < -0.39 is 132 Å². The number of fused-ring (bicyclic) bond motifs is 5. The molecule has 3 fully saturated rings. The highest BCUT2D eigenvalue weighted by Crippen LogP contribution is 2.65. The number of Topliss-reactive ketones (excluding diaryl/α,β-unsaturated/α-hetero) is 1. The number of aliphatic hydroxyl groups is 1. The first-order valence-corrected chi connectivity index (χ1v) is 38.3. The highest BCUT2D eigenvalue weighted by atomic mass is 33.1. The molecular weight excluding hydrogens is 1290 g/mol. The Kier molecular flexibility index (Phi) is 22.1. The summed E-state index contributed by atoms with van der Waals surface area (Å²) in [4.78, 5) is 107. The van der Waals surface area contributed by atoms with Gasteiger partial charge >= 0.3 is 29.8 Å².